The van der Waals surface area contributed by atoms with Crippen LogP contribution in [0, 0.1) is 0 Å². The highest BCUT2D eigenvalue weighted by Crippen LogP contribution is 2.25. The Labute approximate surface area is 114 Å². The van der Waals surface area contributed by atoms with E-state index in [1.165, 1.54) is 0 Å². The zero-order valence-corrected chi connectivity index (χ0v) is 12.4. The summed E-state index contributed by atoms with van der Waals surface area (Å²) < 4.78 is 67.8. The van der Waals surface area contributed by atoms with Gasteiger partial charge in [0.05, 0.1) is 0 Å². The third kappa shape index (κ3) is 111. The van der Waals surface area contributed by atoms with Gasteiger partial charge < -0.3 is 45.4 Å². The van der Waals surface area contributed by atoms with Crippen molar-refractivity contribution >= 4 is 28.6 Å². The summed E-state index contributed by atoms with van der Waals surface area (Å²) >= 11 is 0. The van der Waals surface area contributed by atoms with Crippen LogP contribution in [0.1, 0.15) is 0 Å². The lowest BCUT2D eigenvalue weighted by atomic mass is 14.0. The fourth-order valence-electron chi connectivity index (χ4n) is 0.0702. The van der Waals surface area contributed by atoms with Gasteiger partial charge in [0.2, 0.25) is 0 Å². The minimum atomic E-state index is -5.02. The molecule has 0 aliphatic heterocycles. The van der Waals surface area contributed by atoms with E-state index in [-0.39, 0.29) is 30.8 Å². The summed E-state index contributed by atoms with van der Waals surface area (Å²) in [5, 5.41) is 0. The first-order valence-corrected chi connectivity index (χ1v) is 6.61. The molecule has 0 atom stereocenters. The first-order chi connectivity index (χ1) is 6.21. The number of phosphoric acid groups is 1. The summed E-state index contributed by atoms with van der Waals surface area (Å²) in [5.41, 5.74) is 0. The quantitative estimate of drug-likeness (QED) is 0.115. The maximum Gasteiger partial charge on any atom is 0.466 e. The van der Waals surface area contributed by atoms with Crippen LogP contribution in [-0.2, 0) is 34.0 Å². The number of hydrogen-bond donors (Lipinski definition) is 10. The second kappa shape index (κ2) is 15.0. The molecule has 0 aliphatic carbocycles. The Kier molecular flexibility index (Phi) is 32.1. The van der Waals surface area contributed by atoms with Crippen LogP contribution in [0.3, 0.4) is 0 Å². The zero-order valence-electron chi connectivity index (χ0n) is 9.89. The maximum atomic E-state index is 9.51. The molecule has 20 heteroatoms. The molecule has 0 aromatic rings. The molecule has 0 aromatic carbocycles. The summed E-state index contributed by atoms with van der Waals surface area (Å²) in [4.78, 5) is 21.6. The first kappa shape index (κ1) is 42.7. The molecule has 0 saturated heterocycles. The van der Waals surface area contributed by atoms with Gasteiger partial charge in [0.25, 0.3) is 0 Å². The summed E-state index contributed by atoms with van der Waals surface area (Å²) in [6.07, 6.45) is 0. The minimum Gasteiger partial charge on any atom is -0.344 e. The van der Waals surface area contributed by atoms with E-state index in [0.717, 1.165) is 0 Å². The molecule has 0 aliphatic rings. The van der Waals surface area contributed by atoms with Crippen molar-refractivity contribution in [3.63, 3.8) is 0 Å². The van der Waals surface area contributed by atoms with E-state index in [1.807, 2.05) is 0 Å². The predicted octanol–water partition coefficient (Wildman–Crippen LogP) is -1.58. The van der Waals surface area contributed by atoms with Crippen molar-refractivity contribution in [2.45, 2.75) is 0 Å². The van der Waals surface area contributed by atoms with Crippen LogP contribution in [0.5, 0.6) is 0 Å². The highest BCUT2D eigenvalue weighted by molar-refractivity contribution is 7.83. The summed E-state index contributed by atoms with van der Waals surface area (Å²) in [6.45, 7) is 0. The Balaban J connectivity index is -0.0000000303. The van der Waals surface area contributed by atoms with E-state index < -0.39 is 28.6 Å². The molecule has 20 N–H and O–H groups in total. The number of rotatable bonds is 3. The topological polar surface area (TPSA) is 380 Å². The van der Waals surface area contributed by atoms with Gasteiger partial charge in [0, 0.05) is 0 Å². The van der Waals surface area contributed by atoms with Crippen LogP contribution in [0.15, 0.2) is 0 Å². The van der Waals surface area contributed by atoms with E-state index in [1.54, 1.807) is 0 Å². The molecule has 0 bridgehead atoms. The minimum absolute atomic E-state index is 0. The molecule has 0 saturated carbocycles. The summed E-state index contributed by atoms with van der Waals surface area (Å²) in [5.74, 6) is 0. The Bertz CT molecular complexity index is 378. The van der Waals surface area contributed by atoms with Crippen LogP contribution in [-0.4, -0.2) is 40.6 Å². The highest BCUT2D eigenvalue weighted by atomic mass is 32.3. The third-order valence-corrected chi connectivity index (χ3v) is 0.766. The van der Waals surface area contributed by atoms with Gasteiger partial charge in [-0.2, -0.15) is 16.8 Å². The fourth-order valence-corrected chi connectivity index (χ4v) is 0.632. The van der Waals surface area contributed by atoms with Gasteiger partial charge in [-0.25, -0.2) is 4.57 Å². The molecule has 0 spiro atoms. The van der Waals surface area contributed by atoms with Gasteiger partial charge in [0.1, 0.15) is 0 Å². The fraction of sp³-hybridized carbons (Fsp3) is 0. The van der Waals surface area contributed by atoms with Gasteiger partial charge in [0.15, 0.2) is 0 Å². The molecule has 0 unspecified atom stereocenters. The van der Waals surface area contributed by atoms with Crippen molar-refractivity contribution in [1.82, 2.24) is 30.8 Å². The van der Waals surface area contributed by atoms with Gasteiger partial charge in [-0.1, -0.05) is 8.67 Å². The van der Waals surface area contributed by atoms with E-state index >= 15 is 0 Å². The van der Waals surface area contributed by atoms with Crippen LogP contribution in [0.25, 0.3) is 0 Å². The Hall–Kier alpha value is -0.350. The lowest BCUT2D eigenvalue weighted by Gasteiger charge is -1.92. The molecule has 0 rings (SSSR count). The standard InChI is InChI=1S/5H3N.H2O8S2.H3O4P/c;;;;;1-9(2,3)7-8-10(4,5)6;1-5(2,3)4/h5*1H3;(H,1,2,3)(H,4,5,6);(H3,1,2,3,4). The molecule has 0 heterocycles. The zero-order chi connectivity index (χ0) is 12.9. The lowest BCUT2D eigenvalue weighted by Crippen LogP contribution is -2.10. The second-order valence-corrected chi connectivity index (χ2v) is 4.51. The van der Waals surface area contributed by atoms with Crippen LogP contribution < -0.4 is 30.8 Å². The van der Waals surface area contributed by atoms with Crippen molar-refractivity contribution in [2.75, 3.05) is 0 Å². The SMILES string of the molecule is N.N.N.N.N.O=P(O)(O)O.O=S(=O)(O)OOS(=O)(=O)O. The molecule has 0 fully saturated rings. The van der Waals surface area contributed by atoms with Crippen LogP contribution >= 0.6 is 7.82 Å². The molecule has 0 amide bonds. The smallest absolute Gasteiger partial charge is 0.344 e. The predicted molar refractivity (Wildman–Crippen MR) is 64.6 cm³/mol. The Morgan fingerprint density at radius 2 is 0.750 bits per heavy atom. The highest BCUT2D eigenvalue weighted by Gasteiger charge is 2.13. The number of hydrogen-bond acceptors (Lipinski definition) is 12. The second-order valence-electron chi connectivity index (χ2n) is 1.50. The Morgan fingerprint density at radius 3 is 0.800 bits per heavy atom. The molecular formula is H20N5O12PS2. The molecular weight excluding hydrogens is 357 g/mol. The summed E-state index contributed by atoms with van der Waals surface area (Å²) in [6, 6.07) is 0. The average Bonchev–Trinajstić information content (AvgIpc) is 1.76. The monoisotopic (exact) mass is 377 g/mol. The van der Waals surface area contributed by atoms with Crippen molar-refractivity contribution in [2.24, 2.45) is 0 Å². The largest absolute Gasteiger partial charge is 0.466 e. The summed E-state index contributed by atoms with van der Waals surface area (Å²) in [7, 11) is -14.7. The molecule has 17 nitrogen and oxygen atoms in total. The van der Waals surface area contributed by atoms with Crippen molar-refractivity contribution in [1.29, 1.82) is 0 Å². The molecule has 20 heavy (non-hydrogen) atoms. The van der Waals surface area contributed by atoms with Gasteiger partial charge in [-0.05, 0) is 0 Å². The molecule has 0 aromatic heterocycles. The van der Waals surface area contributed by atoms with Crippen LogP contribution in [0.2, 0.25) is 0 Å². The Morgan fingerprint density at radius 1 is 0.650 bits per heavy atom. The average molecular weight is 377 g/mol. The molecule has 0 radical (unpaired) electrons. The van der Waals surface area contributed by atoms with Gasteiger partial charge in [-0.3, -0.25) is 9.11 Å². The molecule has 134 valence electrons. The van der Waals surface area contributed by atoms with E-state index in [2.05, 4.69) is 8.67 Å². The van der Waals surface area contributed by atoms with Crippen molar-refractivity contribution in [3.8, 4) is 0 Å². The maximum absolute atomic E-state index is 9.51. The first-order valence-electron chi connectivity index (χ1n) is 2.31. The van der Waals surface area contributed by atoms with E-state index in [0.29, 0.717) is 0 Å². The van der Waals surface area contributed by atoms with Gasteiger partial charge >= 0.3 is 28.6 Å². The third-order valence-electron chi connectivity index (χ3n) is 0.200. The van der Waals surface area contributed by atoms with Gasteiger partial charge in [-0.15, -0.1) is 0 Å². The lowest BCUT2D eigenvalue weighted by molar-refractivity contribution is -0.105. The van der Waals surface area contributed by atoms with Crippen LogP contribution in [0.4, 0.5) is 0 Å². The van der Waals surface area contributed by atoms with E-state index in [9.17, 15) is 16.8 Å². The van der Waals surface area contributed by atoms with E-state index in [4.69, 9.17) is 28.4 Å². The van der Waals surface area contributed by atoms with Crippen molar-refractivity contribution < 1.29 is 53.9 Å². The normalized spacial score (nSPS) is 9.65. The van der Waals surface area contributed by atoms with Crippen molar-refractivity contribution in [3.05, 3.63) is 0 Å².